The summed E-state index contributed by atoms with van der Waals surface area (Å²) in [6.45, 7) is 3.34. The van der Waals surface area contributed by atoms with Crippen LogP contribution in [0.3, 0.4) is 0 Å². The smallest absolute Gasteiger partial charge is 0.246 e. The number of carbonyl (C=O) groups excluding carboxylic acids is 2. The lowest BCUT2D eigenvalue weighted by Crippen LogP contribution is -2.53. The number of benzene rings is 2. The van der Waals surface area contributed by atoms with E-state index in [4.69, 9.17) is 0 Å². The van der Waals surface area contributed by atoms with Crippen molar-refractivity contribution in [2.75, 3.05) is 33.2 Å². The van der Waals surface area contributed by atoms with Gasteiger partial charge in [0.2, 0.25) is 11.8 Å². The molecular weight excluding hydrogens is 338 g/mol. The first-order valence-corrected chi connectivity index (χ1v) is 9.53. The van der Waals surface area contributed by atoms with E-state index in [1.807, 2.05) is 12.1 Å². The Labute approximate surface area is 160 Å². The summed E-state index contributed by atoms with van der Waals surface area (Å²) in [5.74, 6) is -0.130. The largest absolute Gasteiger partial charge is 0.290 e. The van der Waals surface area contributed by atoms with Crippen LogP contribution in [-0.2, 0) is 9.59 Å². The molecule has 2 amide bonds. The highest BCUT2D eigenvalue weighted by Crippen LogP contribution is 2.30. The Kier molecular flexibility index (Phi) is 5.05. The van der Waals surface area contributed by atoms with Crippen LogP contribution in [0.25, 0.3) is 0 Å². The fraction of sp³-hybridized carbons (Fsp3) is 0.364. The SMILES string of the molecule is CN1C(=O)C[C@@H](N2CCN(C(c3ccccc3)c3ccccc3)CC2)C1=O. The van der Waals surface area contributed by atoms with Gasteiger partial charge in [-0.15, -0.1) is 0 Å². The Balaban J connectivity index is 1.51. The quantitative estimate of drug-likeness (QED) is 0.781. The van der Waals surface area contributed by atoms with E-state index in [-0.39, 0.29) is 23.9 Å². The van der Waals surface area contributed by atoms with Gasteiger partial charge in [-0.25, -0.2) is 0 Å². The Morgan fingerprint density at radius 1 is 0.815 bits per heavy atom. The van der Waals surface area contributed by atoms with Crippen LogP contribution in [0.2, 0.25) is 0 Å². The van der Waals surface area contributed by atoms with Gasteiger partial charge in [0.25, 0.3) is 0 Å². The van der Waals surface area contributed by atoms with E-state index in [1.165, 1.54) is 16.0 Å². The van der Waals surface area contributed by atoms with Crippen molar-refractivity contribution in [3.63, 3.8) is 0 Å². The molecule has 0 spiro atoms. The van der Waals surface area contributed by atoms with Gasteiger partial charge >= 0.3 is 0 Å². The Hall–Kier alpha value is -2.50. The zero-order valence-electron chi connectivity index (χ0n) is 15.6. The van der Waals surface area contributed by atoms with Gasteiger partial charge in [0.05, 0.1) is 18.5 Å². The molecule has 2 aliphatic rings. The Morgan fingerprint density at radius 3 is 1.78 bits per heavy atom. The molecule has 0 saturated carbocycles. The Morgan fingerprint density at radius 2 is 1.33 bits per heavy atom. The molecule has 2 saturated heterocycles. The first kappa shape index (κ1) is 17.9. The number of amides is 2. The molecule has 4 rings (SSSR count). The van der Waals surface area contributed by atoms with Crippen molar-refractivity contribution in [3.8, 4) is 0 Å². The highest BCUT2D eigenvalue weighted by atomic mass is 16.2. The summed E-state index contributed by atoms with van der Waals surface area (Å²) < 4.78 is 0. The molecule has 140 valence electrons. The molecule has 5 nitrogen and oxygen atoms in total. The number of rotatable bonds is 4. The van der Waals surface area contributed by atoms with Crippen LogP contribution < -0.4 is 0 Å². The van der Waals surface area contributed by atoms with Gasteiger partial charge in [-0.2, -0.15) is 0 Å². The summed E-state index contributed by atoms with van der Waals surface area (Å²) in [4.78, 5) is 30.1. The van der Waals surface area contributed by atoms with E-state index >= 15 is 0 Å². The second-order valence-corrected chi connectivity index (χ2v) is 7.31. The number of carbonyl (C=O) groups is 2. The number of piperazine rings is 1. The van der Waals surface area contributed by atoms with Crippen LogP contribution in [0.5, 0.6) is 0 Å². The van der Waals surface area contributed by atoms with Crippen LogP contribution in [0, 0.1) is 0 Å². The highest BCUT2D eigenvalue weighted by Gasteiger charge is 2.41. The number of hydrogen-bond acceptors (Lipinski definition) is 4. The maximum Gasteiger partial charge on any atom is 0.246 e. The lowest BCUT2D eigenvalue weighted by Gasteiger charge is -2.41. The van der Waals surface area contributed by atoms with E-state index in [9.17, 15) is 9.59 Å². The molecule has 0 N–H and O–H groups in total. The molecule has 0 unspecified atom stereocenters. The summed E-state index contributed by atoms with van der Waals surface area (Å²) in [5.41, 5.74) is 2.56. The minimum absolute atomic E-state index is 0.0591. The molecule has 0 aliphatic carbocycles. The van der Waals surface area contributed by atoms with Crippen LogP contribution in [-0.4, -0.2) is 65.8 Å². The second-order valence-electron chi connectivity index (χ2n) is 7.31. The fourth-order valence-electron chi connectivity index (χ4n) is 4.21. The number of nitrogens with zero attached hydrogens (tertiary/aromatic N) is 3. The molecular formula is C22H25N3O2. The summed E-state index contributed by atoms with van der Waals surface area (Å²) in [7, 11) is 1.59. The molecule has 0 radical (unpaired) electrons. The number of imide groups is 1. The zero-order valence-corrected chi connectivity index (χ0v) is 15.6. The van der Waals surface area contributed by atoms with Gasteiger partial charge in [-0.05, 0) is 11.1 Å². The molecule has 2 aromatic carbocycles. The van der Waals surface area contributed by atoms with Gasteiger partial charge in [-0.3, -0.25) is 24.3 Å². The summed E-state index contributed by atoms with van der Waals surface area (Å²) in [6.07, 6.45) is 0.316. The van der Waals surface area contributed by atoms with Gasteiger partial charge in [0, 0.05) is 33.2 Å². The van der Waals surface area contributed by atoms with E-state index < -0.39 is 0 Å². The minimum atomic E-state index is -0.281. The fourth-order valence-corrected chi connectivity index (χ4v) is 4.21. The zero-order chi connectivity index (χ0) is 18.8. The molecule has 0 bridgehead atoms. The summed E-state index contributed by atoms with van der Waals surface area (Å²) in [6, 6.07) is 21.1. The van der Waals surface area contributed by atoms with Crippen LogP contribution in [0.15, 0.2) is 60.7 Å². The highest BCUT2D eigenvalue weighted by molar-refractivity contribution is 6.05. The standard InChI is InChI=1S/C22H25N3O2/c1-23-20(26)16-19(22(23)27)24-12-14-25(15-13-24)21(17-8-4-2-5-9-17)18-10-6-3-7-11-18/h2-11,19,21H,12-16H2,1H3/t19-/m1/s1. The van der Waals surface area contributed by atoms with Crippen molar-refractivity contribution in [3.05, 3.63) is 71.8 Å². The van der Waals surface area contributed by atoms with Crippen LogP contribution in [0.1, 0.15) is 23.6 Å². The summed E-state index contributed by atoms with van der Waals surface area (Å²) in [5, 5.41) is 0. The first-order valence-electron chi connectivity index (χ1n) is 9.53. The van der Waals surface area contributed by atoms with E-state index in [1.54, 1.807) is 7.05 Å². The normalized spacial score (nSPS) is 22.0. The molecule has 27 heavy (non-hydrogen) atoms. The number of likely N-dealkylation sites (tertiary alicyclic amines) is 1. The average Bonchev–Trinajstić information content (AvgIpc) is 2.98. The van der Waals surface area contributed by atoms with E-state index in [0.29, 0.717) is 6.42 Å². The molecule has 2 fully saturated rings. The van der Waals surface area contributed by atoms with Gasteiger partial charge in [0.15, 0.2) is 0 Å². The summed E-state index contributed by atoms with van der Waals surface area (Å²) >= 11 is 0. The molecule has 2 aromatic rings. The first-order chi connectivity index (χ1) is 13.1. The van der Waals surface area contributed by atoms with E-state index in [2.05, 4.69) is 58.3 Å². The number of likely N-dealkylation sites (N-methyl/N-ethyl adjacent to an activating group) is 1. The predicted octanol–water partition coefficient (Wildman–Crippen LogP) is 2.15. The topological polar surface area (TPSA) is 43.9 Å². The van der Waals surface area contributed by atoms with Crippen molar-refractivity contribution in [2.24, 2.45) is 0 Å². The van der Waals surface area contributed by atoms with Gasteiger partial charge in [-0.1, -0.05) is 60.7 Å². The third-order valence-corrected chi connectivity index (χ3v) is 5.74. The van der Waals surface area contributed by atoms with Crippen molar-refractivity contribution in [1.82, 2.24) is 14.7 Å². The molecule has 0 aromatic heterocycles. The van der Waals surface area contributed by atoms with E-state index in [0.717, 1.165) is 26.2 Å². The van der Waals surface area contributed by atoms with Crippen molar-refractivity contribution in [2.45, 2.75) is 18.5 Å². The maximum absolute atomic E-state index is 12.3. The maximum atomic E-state index is 12.3. The molecule has 5 heteroatoms. The monoisotopic (exact) mass is 363 g/mol. The molecule has 2 aliphatic heterocycles. The number of hydrogen-bond donors (Lipinski definition) is 0. The average molecular weight is 363 g/mol. The lowest BCUT2D eigenvalue weighted by atomic mass is 9.96. The van der Waals surface area contributed by atoms with Crippen molar-refractivity contribution in [1.29, 1.82) is 0 Å². The molecule has 1 atom stereocenters. The lowest BCUT2D eigenvalue weighted by molar-refractivity contribution is -0.138. The predicted molar refractivity (Wildman–Crippen MR) is 104 cm³/mol. The van der Waals surface area contributed by atoms with Crippen LogP contribution in [0.4, 0.5) is 0 Å². The Bertz CT molecular complexity index is 761. The second kappa shape index (κ2) is 7.62. The molecule has 2 heterocycles. The van der Waals surface area contributed by atoms with Crippen molar-refractivity contribution < 1.29 is 9.59 Å². The van der Waals surface area contributed by atoms with Crippen LogP contribution >= 0.6 is 0 Å². The van der Waals surface area contributed by atoms with Gasteiger partial charge < -0.3 is 0 Å². The third-order valence-electron chi connectivity index (χ3n) is 5.74. The third kappa shape index (κ3) is 3.53. The van der Waals surface area contributed by atoms with Gasteiger partial charge in [0.1, 0.15) is 0 Å². The minimum Gasteiger partial charge on any atom is -0.290 e. The van der Waals surface area contributed by atoms with Crippen molar-refractivity contribution >= 4 is 11.8 Å².